The van der Waals surface area contributed by atoms with Crippen molar-refractivity contribution >= 4 is 44.8 Å². The number of hydrogen-bond acceptors (Lipinski definition) is 3. The second-order valence-electron chi connectivity index (χ2n) is 7.81. The first-order valence-electron chi connectivity index (χ1n) is 10.6. The minimum Gasteiger partial charge on any atom is -0.325 e. The molecule has 1 amide bonds. The Kier molecular flexibility index (Phi) is 8.03. The molecule has 5 nitrogen and oxygen atoms in total. The van der Waals surface area contributed by atoms with Gasteiger partial charge in [0, 0.05) is 34.7 Å². The Morgan fingerprint density at radius 3 is 2.19 bits per heavy atom. The monoisotopic (exact) mass is 482 g/mol. The molecule has 0 aliphatic carbocycles. The van der Waals surface area contributed by atoms with E-state index in [1.165, 1.54) is 4.31 Å². The Morgan fingerprint density at radius 1 is 1.03 bits per heavy atom. The number of hydrogen-bond donors (Lipinski definition) is 1. The summed E-state index contributed by atoms with van der Waals surface area (Å²) in [6, 6.07) is 10.9. The van der Waals surface area contributed by atoms with Crippen LogP contribution in [0.15, 0.2) is 36.4 Å². The molecule has 3 rings (SSSR count). The van der Waals surface area contributed by atoms with Crippen molar-refractivity contribution in [3.63, 3.8) is 0 Å². The quantitative estimate of drug-likeness (QED) is 0.581. The van der Waals surface area contributed by atoms with Crippen LogP contribution in [0.5, 0.6) is 0 Å². The summed E-state index contributed by atoms with van der Waals surface area (Å²) in [4.78, 5) is 12.9. The van der Waals surface area contributed by atoms with E-state index < -0.39 is 10.0 Å². The first-order valence-corrected chi connectivity index (χ1v) is 12.9. The largest absolute Gasteiger partial charge is 0.325 e. The zero-order valence-electron chi connectivity index (χ0n) is 17.8. The topological polar surface area (TPSA) is 66.5 Å². The molecule has 1 fully saturated rings. The molecule has 0 radical (unpaired) electrons. The van der Waals surface area contributed by atoms with Crippen molar-refractivity contribution in [3.05, 3.63) is 63.1 Å². The van der Waals surface area contributed by atoms with E-state index in [4.69, 9.17) is 23.2 Å². The van der Waals surface area contributed by atoms with Crippen molar-refractivity contribution in [2.45, 2.75) is 45.3 Å². The van der Waals surface area contributed by atoms with Crippen molar-refractivity contribution in [2.24, 2.45) is 5.92 Å². The van der Waals surface area contributed by atoms with Crippen LogP contribution in [0, 0.1) is 5.92 Å². The molecule has 1 heterocycles. The predicted molar refractivity (Wildman–Crippen MR) is 127 cm³/mol. The number of carbonyl (C=O) groups excluding carboxylic acids is 1. The first kappa shape index (κ1) is 24.1. The average Bonchev–Trinajstić information content (AvgIpc) is 2.76. The van der Waals surface area contributed by atoms with Gasteiger partial charge in [0.15, 0.2) is 0 Å². The number of amides is 1. The summed E-state index contributed by atoms with van der Waals surface area (Å²) in [5, 5.41) is 3.93. The minimum absolute atomic E-state index is 0.0339. The van der Waals surface area contributed by atoms with Gasteiger partial charge in [-0.25, -0.2) is 12.7 Å². The maximum Gasteiger partial charge on any atom is 0.227 e. The van der Waals surface area contributed by atoms with Gasteiger partial charge in [-0.3, -0.25) is 4.79 Å². The number of carbonyl (C=O) groups is 1. The number of sulfonamides is 1. The number of rotatable bonds is 7. The van der Waals surface area contributed by atoms with Gasteiger partial charge in [-0.05, 0) is 54.5 Å². The first-order chi connectivity index (χ1) is 14.7. The van der Waals surface area contributed by atoms with Gasteiger partial charge in [0.2, 0.25) is 15.9 Å². The van der Waals surface area contributed by atoms with E-state index >= 15 is 0 Å². The van der Waals surface area contributed by atoms with Gasteiger partial charge in [-0.15, -0.1) is 0 Å². The van der Waals surface area contributed by atoms with Crippen molar-refractivity contribution in [3.8, 4) is 0 Å². The second-order valence-corrected chi connectivity index (χ2v) is 10.6. The Bertz CT molecular complexity index is 1030. The second kappa shape index (κ2) is 10.3. The summed E-state index contributed by atoms with van der Waals surface area (Å²) in [5.41, 5.74) is 3.67. The highest BCUT2D eigenvalue weighted by molar-refractivity contribution is 7.88. The zero-order valence-corrected chi connectivity index (χ0v) is 20.2. The zero-order chi connectivity index (χ0) is 22.6. The maximum absolute atomic E-state index is 12.9. The van der Waals surface area contributed by atoms with Gasteiger partial charge in [0.05, 0.1) is 5.75 Å². The van der Waals surface area contributed by atoms with Gasteiger partial charge in [0.25, 0.3) is 0 Å². The number of anilines is 1. The van der Waals surface area contributed by atoms with Crippen LogP contribution >= 0.6 is 23.2 Å². The summed E-state index contributed by atoms with van der Waals surface area (Å²) in [6.07, 6.45) is 2.67. The number of nitrogens with zero attached hydrogens (tertiary/aromatic N) is 1. The molecule has 1 N–H and O–H groups in total. The van der Waals surface area contributed by atoms with Crippen LogP contribution in [-0.2, 0) is 33.4 Å². The fourth-order valence-electron chi connectivity index (χ4n) is 3.95. The van der Waals surface area contributed by atoms with Crippen molar-refractivity contribution in [1.82, 2.24) is 4.31 Å². The van der Waals surface area contributed by atoms with Gasteiger partial charge in [-0.2, -0.15) is 0 Å². The van der Waals surface area contributed by atoms with Crippen LogP contribution in [0.1, 0.15) is 43.4 Å². The third-order valence-electron chi connectivity index (χ3n) is 5.82. The highest BCUT2D eigenvalue weighted by Crippen LogP contribution is 2.28. The summed E-state index contributed by atoms with van der Waals surface area (Å²) in [5.74, 6) is -0.419. The SMILES string of the molecule is CCc1cccc(CC)c1NC(=O)C1CCN(S(=O)(=O)Cc2ccc(Cl)cc2Cl)CC1. The number of benzene rings is 2. The maximum atomic E-state index is 12.9. The Morgan fingerprint density at radius 2 is 1.65 bits per heavy atom. The van der Waals surface area contributed by atoms with E-state index in [1.807, 2.05) is 18.2 Å². The lowest BCUT2D eigenvalue weighted by molar-refractivity contribution is -0.120. The summed E-state index contributed by atoms with van der Waals surface area (Å²) in [7, 11) is -3.53. The smallest absolute Gasteiger partial charge is 0.227 e. The molecule has 31 heavy (non-hydrogen) atoms. The molecule has 0 atom stereocenters. The molecule has 1 aliphatic heterocycles. The third-order valence-corrected chi connectivity index (χ3v) is 8.23. The van der Waals surface area contributed by atoms with Gasteiger partial charge < -0.3 is 5.32 Å². The van der Waals surface area contributed by atoms with Crippen molar-refractivity contribution in [1.29, 1.82) is 0 Å². The van der Waals surface area contributed by atoms with Crippen LogP contribution < -0.4 is 5.32 Å². The van der Waals surface area contributed by atoms with Crippen LogP contribution in [0.2, 0.25) is 10.0 Å². The molecule has 0 unspecified atom stereocenters. The van der Waals surface area contributed by atoms with E-state index in [0.29, 0.717) is 41.5 Å². The average molecular weight is 483 g/mol. The van der Waals surface area contributed by atoms with Crippen LogP contribution in [-0.4, -0.2) is 31.7 Å². The highest BCUT2D eigenvalue weighted by Gasteiger charge is 2.32. The lowest BCUT2D eigenvalue weighted by atomic mass is 9.96. The lowest BCUT2D eigenvalue weighted by Crippen LogP contribution is -2.42. The van der Waals surface area contributed by atoms with Gasteiger partial charge in [0.1, 0.15) is 0 Å². The molecule has 0 spiro atoms. The third kappa shape index (κ3) is 5.80. The predicted octanol–water partition coefficient (Wildman–Crippen LogP) is 5.30. The summed E-state index contributed by atoms with van der Waals surface area (Å²) >= 11 is 12.0. The molecule has 2 aromatic carbocycles. The molecule has 0 aromatic heterocycles. The fourth-order valence-corrected chi connectivity index (χ4v) is 6.10. The Balaban J connectivity index is 1.63. The molecule has 2 aromatic rings. The van der Waals surface area contributed by atoms with Crippen molar-refractivity contribution in [2.75, 3.05) is 18.4 Å². The molecule has 0 bridgehead atoms. The van der Waals surface area contributed by atoms with Crippen LogP contribution in [0.4, 0.5) is 5.69 Å². The van der Waals surface area contributed by atoms with Crippen LogP contribution in [0.3, 0.4) is 0 Å². The molecule has 168 valence electrons. The van der Waals surface area contributed by atoms with E-state index in [0.717, 1.165) is 29.7 Å². The standard InChI is InChI=1S/C23H28Cl2N2O3S/c1-3-16-6-5-7-17(4-2)22(16)26-23(28)18-10-12-27(13-11-18)31(29,30)15-19-8-9-20(24)14-21(19)25/h5-9,14,18H,3-4,10-13,15H2,1-2H3,(H,26,28). The Hall–Kier alpha value is -1.60. The lowest BCUT2D eigenvalue weighted by Gasteiger charge is -2.31. The highest BCUT2D eigenvalue weighted by atomic mass is 35.5. The molecule has 0 saturated carbocycles. The fraction of sp³-hybridized carbons (Fsp3) is 0.435. The Labute approximate surface area is 194 Å². The van der Waals surface area contributed by atoms with Gasteiger partial charge >= 0.3 is 0 Å². The summed E-state index contributed by atoms with van der Waals surface area (Å²) in [6.45, 7) is 4.78. The molecule has 1 aliphatic rings. The van der Waals surface area contributed by atoms with Crippen molar-refractivity contribution < 1.29 is 13.2 Å². The number of aryl methyl sites for hydroxylation is 2. The molecule has 8 heteroatoms. The summed E-state index contributed by atoms with van der Waals surface area (Å²) < 4.78 is 27.2. The van der Waals surface area contributed by atoms with E-state index in [2.05, 4.69) is 19.2 Å². The minimum atomic E-state index is -3.53. The molecule has 1 saturated heterocycles. The number of para-hydroxylation sites is 1. The normalized spacial score (nSPS) is 15.7. The number of nitrogens with one attached hydrogen (secondary N) is 1. The van der Waals surface area contributed by atoms with Gasteiger partial charge in [-0.1, -0.05) is 61.3 Å². The van der Waals surface area contributed by atoms with E-state index in [1.54, 1.807) is 18.2 Å². The van der Waals surface area contributed by atoms with Crippen LogP contribution in [0.25, 0.3) is 0 Å². The molecular weight excluding hydrogens is 455 g/mol. The van der Waals surface area contributed by atoms with E-state index in [-0.39, 0.29) is 17.6 Å². The number of piperidine rings is 1. The van der Waals surface area contributed by atoms with E-state index in [9.17, 15) is 13.2 Å². The molecular formula is C23H28Cl2N2O3S. The number of halogens is 2.